The van der Waals surface area contributed by atoms with Crippen LogP contribution in [-0.2, 0) is 17.5 Å². The highest BCUT2D eigenvalue weighted by atomic mass is 19.4. The summed E-state index contributed by atoms with van der Waals surface area (Å²) in [6.07, 6.45) is -1.04. The molecule has 1 unspecified atom stereocenters. The molecule has 3 heterocycles. The lowest BCUT2D eigenvalue weighted by Crippen LogP contribution is -2.21. The molecule has 1 N–H and O–H groups in total. The average Bonchev–Trinajstić information content (AvgIpc) is 3.21. The van der Waals surface area contributed by atoms with E-state index in [-0.39, 0.29) is 17.7 Å². The molecule has 0 spiro atoms. The number of rotatable bonds is 5. The summed E-state index contributed by atoms with van der Waals surface area (Å²) in [5.41, 5.74) is 0.416. The molecule has 3 rings (SSSR count). The second-order valence-electron chi connectivity index (χ2n) is 5.96. The van der Waals surface area contributed by atoms with Crippen LogP contribution in [0.4, 0.5) is 19.1 Å². The number of alkyl halides is 3. The van der Waals surface area contributed by atoms with Gasteiger partial charge < -0.3 is 10.1 Å². The molecule has 1 atom stereocenters. The van der Waals surface area contributed by atoms with Crippen molar-refractivity contribution in [3.05, 3.63) is 23.7 Å². The van der Waals surface area contributed by atoms with E-state index in [1.54, 1.807) is 17.8 Å². The van der Waals surface area contributed by atoms with Gasteiger partial charge in [0.2, 0.25) is 5.95 Å². The third-order valence-corrected chi connectivity index (χ3v) is 4.07. The summed E-state index contributed by atoms with van der Waals surface area (Å²) in [4.78, 5) is 7.87. The first kappa shape index (κ1) is 17.7. The van der Waals surface area contributed by atoms with Crippen LogP contribution < -0.4 is 5.32 Å². The Morgan fingerprint density at radius 2 is 2.16 bits per heavy atom. The van der Waals surface area contributed by atoms with Crippen LogP contribution in [0.3, 0.4) is 0 Å². The van der Waals surface area contributed by atoms with Gasteiger partial charge in [0.15, 0.2) is 5.69 Å². The average molecular weight is 355 g/mol. The van der Waals surface area contributed by atoms with Crippen molar-refractivity contribution < 1.29 is 17.9 Å². The van der Waals surface area contributed by atoms with Gasteiger partial charge in [0.25, 0.3) is 0 Å². The number of hydrogen-bond acceptors (Lipinski definition) is 5. The molecule has 0 aromatic carbocycles. The van der Waals surface area contributed by atoms with Gasteiger partial charge in [0.05, 0.1) is 17.5 Å². The Hall–Kier alpha value is -2.16. The van der Waals surface area contributed by atoms with Crippen LogP contribution in [0, 0.1) is 6.92 Å². The molecule has 9 heteroatoms. The van der Waals surface area contributed by atoms with Crippen molar-refractivity contribution in [2.24, 2.45) is 0 Å². The van der Waals surface area contributed by atoms with Crippen LogP contribution in [0.2, 0.25) is 0 Å². The number of aryl methyl sites for hydroxylation is 2. The monoisotopic (exact) mass is 355 g/mol. The number of halogens is 3. The van der Waals surface area contributed by atoms with Crippen molar-refractivity contribution in [1.82, 2.24) is 19.7 Å². The summed E-state index contributed by atoms with van der Waals surface area (Å²) in [5.74, 6) is -0.0519. The van der Waals surface area contributed by atoms with Gasteiger partial charge >= 0.3 is 6.18 Å². The topological polar surface area (TPSA) is 64.9 Å². The minimum atomic E-state index is -4.55. The summed E-state index contributed by atoms with van der Waals surface area (Å²) in [7, 11) is 0. The molecule has 1 aliphatic heterocycles. The van der Waals surface area contributed by atoms with Crippen LogP contribution in [-0.4, -0.2) is 39.0 Å². The van der Waals surface area contributed by atoms with E-state index in [1.165, 1.54) is 0 Å². The van der Waals surface area contributed by atoms with Gasteiger partial charge in [0, 0.05) is 31.5 Å². The SMILES string of the molecule is CCn1cc(-c2cc(C(F)(F)F)nc(NCC3CCCO3)n2)c(C)n1. The zero-order valence-corrected chi connectivity index (χ0v) is 14.1. The molecule has 1 aliphatic rings. The largest absolute Gasteiger partial charge is 0.433 e. The lowest BCUT2D eigenvalue weighted by molar-refractivity contribution is -0.141. The summed E-state index contributed by atoms with van der Waals surface area (Å²) < 4.78 is 46.8. The van der Waals surface area contributed by atoms with Crippen LogP contribution in [0.15, 0.2) is 12.3 Å². The third kappa shape index (κ3) is 4.09. The number of hydrogen-bond donors (Lipinski definition) is 1. The second kappa shape index (κ2) is 6.99. The van der Waals surface area contributed by atoms with Crippen molar-refractivity contribution in [2.45, 2.75) is 45.5 Å². The van der Waals surface area contributed by atoms with Crippen molar-refractivity contribution in [3.63, 3.8) is 0 Å². The number of aromatic nitrogens is 4. The van der Waals surface area contributed by atoms with Crippen LogP contribution in [0.25, 0.3) is 11.3 Å². The first-order chi connectivity index (χ1) is 11.9. The molecule has 136 valence electrons. The normalized spacial score (nSPS) is 17.9. The standard InChI is InChI=1S/C16H20F3N5O/c1-3-24-9-12(10(2)23-24)13-7-14(16(17,18)19)22-15(21-13)20-8-11-5-4-6-25-11/h7,9,11H,3-6,8H2,1-2H3,(H,20,21,22). The molecule has 0 saturated carbocycles. The Morgan fingerprint density at radius 3 is 2.76 bits per heavy atom. The van der Waals surface area contributed by atoms with Crippen LogP contribution >= 0.6 is 0 Å². The molecule has 0 aliphatic carbocycles. The molecule has 25 heavy (non-hydrogen) atoms. The molecular formula is C16H20F3N5O. The minimum Gasteiger partial charge on any atom is -0.376 e. The van der Waals surface area contributed by atoms with Crippen molar-refractivity contribution >= 4 is 5.95 Å². The van der Waals surface area contributed by atoms with Gasteiger partial charge in [-0.2, -0.15) is 18.3 Å². The highest BCUT2D eigenvalue weighted by Gasteiger charge is 2.34. The predicted octanol–water partition coefficient (Wildman–Crippen LogP) is 3.28. The van der Waals surface area contributed by atoms with E-state index in [0.717, 1.165) is 18.9 Å². The molecule has 0 amide bonds. The molecule has 0 radical (unpaired) electrons. The molecule has 1 saturated heterocycles. The van der Waals surface area contributed by atoms with Crippen molar-refractivity contribution in [1.29, 1.82) is 0 Å². The number of ether oxygens (including phenoxy) is 1. The molecule has 2 aromatic heterocycles. The van der Waals surface area contributed by atoms with Gasteiger partial charge in [-0.3, -0.25) is 4.68 Å². The first-order valence-corrected chi connectivity index (χ1v) is 8.23. The Kier molecular flexibility index (Phi) is 4.94. The van der Waals surface area contributed by atoms with Crippen molar-refractivity contribution in [3.8, 4) is 11.3 Å². The van der Waals surface area contributed by atoms with Crippen molar-refractivity contribution in [2.75, 3.05) is 18.5 Å². The van der Waals surface area contributed by atoms with Gasteiger partial charge in [-0.15, -0.1) is 0 Å². The fraction of sp³-hybridized carbons (Fsp3) is 0.562. The Labute approximate surface area is 143 Å². The van der Waals surface area contributed by atoms with E-state index in [0.29, 0.717) is 31.0 Å². The van der Waals surface area contributed by atoms with E-state index in [1.807, 2.05) is 6.92 Å². The number of nitrogens with one attached hydrogen (secondary N) is 1. The van der Waals surface area contributed by atoms with Gasteiger partial charge in [0.1, 0.15) is 0 Å². The quantitative estimate of drug-likeness (QED) is 0.892. The summed E-state index contributed by atoms with van der Waals surface area (Å²) in [6, 6.07) is 0.960. The maximum atomic E-state index is 13.2. The van der Waals surface area contributed by atoms with E-state index >= 15 is 0 Å². The summed E-state index contributed by atoms with van der Waals surface area (Å²) in [5, 5.41) is 7.15. The van der Waals surface area contributed by atoms with E-state index in [4.69, 9.17) is 4.74 Å². The first-order valence-electron chi connectivity index (χ1n) is 8.23. The lowest BCUT2D eigenvalue weighted by Gasteiger charge is -2.13. The van der Waals surface area contributed by atoms with E-state index in [2.05, 4.69) is 20.4 Å². The Bertz CT molecular complexity index is 738. The van der Waals surface area contributed by atoms with Gasteiger partial charge in [-0.25, -0.2) is 9.97 Å². The predicted molar refractivity (Wildman–Crippen MR) is 86.1 cm³/mol. The Balaban J connectivity index is 1.93. The highest BCUT2D eigenvalue weighted by Crippen LogP contribution is 2.32. The zero-order chi connectivity index (χ0) is 18.0. The number of anilines is 1. The van der Waals surface area contributed by atoms with E-state index in [9.17, 15) is 13.2 Å². The van der Waals surface area contributed by atoms with Gasteiger partial charge in [-0.1, -0.05) is 0 Å². The molecule has 1 fully saturated rings. The van der Waals surface area contributed by atoms with Crippen LogP contribution in [0.1, 0.15) is 31.2 Å². The molecule has 6 nitrogen and oxygen atoms in total. The fourth-order valence-corrected chi connectivity index (χ4v) is 2.75. The minimum absolute atomic E-state index is 0.0221. The molecular weight excluding hydrogens is 335 g/mol. The maximum absolute atomic E-state index is 13.2. The molecule has 2 aromatic rings. The number of nitrogens with zero attached hydrogens (tertiary/aromatic N) is 4. The lowest BCUT2D eigenvalue weighted by atomic mass is 10.1. The second-order valence-corrected chi connectivity index (χ2v) is 5.96. The van der Waals surface area contributed by atoms with Gasteiger partial charge in [-0.05, 0) is 32.8 Å². The third-order valence-electron chi connectivity index (χ3n) is 4.07. The summed E-state index contributed by atoms with van der Waals surface area (Å²) >= 11 is 0. The van der Waals surface area contributed by atoms with Crippen LogP contribution in [0.5, 0.6) is 0 Å². The zero-order valence-electron chi connectivity index (χ0n) is 14.1. The molecule has 0 bridgehead atoms. The fourth-order valence-electron chi connectivity index (χ4n) is 2.75. The van der Waals surface area contributed by atoms with E-state index < -0.39 is 11.9 Å². The highest BCUT2D eigenvalue weighted by molar-refractivity contribution is 5.62. The summed E-state index contributed by atoms with van der Waals surface area (Å²) in [6.45, 7) is 5.34. The Morgan fingerprint density at radius 1 is 1.36 bits per heavy atom. The smallest absolute Gasteiger partial charge is 0.376 e. The maximum Gasteiger partial charge on any atom is 0.433 e.